The lowest BCUT2D eigenvalue weighted by Crippen LogP contribution is -2.21. The smallest absolute Gasteiger partial charge is 0.231 e. The second-order valence-corrected chi connectivity index (χ2v) is 8.08. The number of hydrogen-bond acceptors (Lipinski definition) is 7. The van der Waals surface area contributed by atoms with Gasteiger partial charge in [-0.3, -0.25) is 0 Å². The van der Waals surface area contributed by atoms with Gasteiger partial charge in [-0.2, -0.15) is 10.2 Å². The highest BCUT2D eigenvalue weighted by Crippen LogP contribution is 2.30. The van der Waals surface area contributed by atoms with Gasteiger partial charge in [0.25, 0.3) is 0 Å². The third-order valence-electron chi connectivity index (χ3n) is 4.89. The predicted octanol–water partition coefficient (Wildman–Crippen LogP) is 8.28. The maximum atomic E-state index is 4.50. The first-order chi connectivity index (χ1) is 15.1. The second kappa shape index (κ2) is 9.57. The number of aromatic nitrogens is 1. The van der Waals surface area contributed by atoms with E-state index in [9.17, 15) is 0 Å². The Kier molecular flexibility index (Phi) is 6.43. The molecule has 6 nitrogen and oxygen atoms in total. The Balaban J connectivity index is 1.41. The predicted molar refractivity (Wildman–Crippen MR) is 129 cm³/mol. The van der Waals surface area contributed by atoms with Crippen molar-refractivity contribution in [2.24, 2.45) is 20.5 Å². The summed E-state index contributed by atoms with van der Waals surface area (Å²) < 4.78 is 1.12. The summed E-state index contributed by atoms with van der Waals surface area (Å²) in [5, 5.41) is 17.9. The largest absolute Gasteiger partial charge is 0.372 e. The molecule has 156 valence electrons. The summed E-state index contributed by atoms with van der Waals surface area (Å²) in [6, 6.07) is 21.8. The average molecular weight is 429 g/mol. The first kappa shape index (κ1) is 20.8. The molecule has 4 aromatic rings. The van der Waals surface area contributed by atoms with E-state index in [1.165, 1.54) is 22.6 Å². The molecule has 0 aliphatic carbocycles. The van der Waals surface area contributed by atoms with Crippen LogP contribution in [0.2, 0.25) is 0 Å². The minimum absolute atomic E-state index is 0.650. The van der Waals surface area contributed by atoms with E-state index in [-0.39, 0.29) is 0 Å². The molecule has 0 amide bonds. The first-order valence-corrected chi connectivity index (χ1v) is 11.1. The fourth-order valence-corrected chi connectivity index (χ4v) is 4.07. The third-order valence-corrected chi connectivity index (χ3v) is 5.80. The summed E-state index contributed by atoms with van der Waals surface area (Å²) in [6.07, 6.45) is 0. The second-order valence-electron chi connectivity index (χ2n) is 7.07. The Labute approximate surface area is 186 Å². The number of hydrogen-bond donors (Lipinski definition) is 0. The number of thiazole rings is 1. The summed E-state index contributed by atoms with van der Waals surface area (Å²) in [5.74, 6) is 0. The summed E-state index contributed by atoms with van der Waals surface area (Å²) in [7, 11) is 0. The van der Waals surface area contributed by atoms with Gasteiger partial charge in [0.15, 0.2) is 0 Å². The van der Waals surface area contributed by atoms with Crippen LogP contribution in [0.25, 0.3) is 10.2 Å². The van der Waals surface area contributed by atoms with Gasteiger partial charge in [0.1, 0.15) is 0 Å². The van der Waals surface area contributed by atoms with Crippen molar-refractivity contribution in [1.29, 1.82) is 0 Å². The molecule has 0 unspecified atom stereocenters. The molecule has 0 spiro atoms. The number of nitrogens with zero attached hydrogens (tertiary/aromatic N) is 6. The van der Waals surface area contributed by atoms with Gasteiger partial charge in [0.2, 0.25) is 5.13 Å². The van der Waals surface area contributed by atoms with Crippen molar-refractivity contribution in [1.82, 2.24) is 4.98 Å². The van der Waals surface area contributed by atoms with Gasteiger partial charge in [-0.25, -0.2) is 4.98 Å². The van der Waals surface area contributed by atoms with E-state index in [1.807, 2.05) is 42.5 Å². The molecular weight excluding hydrogens is 404 g/mol. The Hall–Kier alpha value is -3.45. The van der Waals surface area contributed by atoms with E-state index in [0.717, 1.165) is 40.4 Å². The fraction of sp³-hybridized carbons (Fsp3) is 0.208. The van der Waals surface area contributed by atoms with Crippen LogP contribution < -0.4 is 4.90 Å². The maximum Gasteiger partial charge on any atom is 0.231 e. The van der Waals surface area contributed by atoms with Crippen molar-refractivity contribution in [3.05, 3.63) is 72.3 Å². The number of fused-ring (bicyclic) bond motifs is 1. The van der Waals surface area contributed by atoms with Gasteiger partial charge in [-0.05, 0) is 87.0 Å². The van der Waals surface area contributed by atoms with Crippen LogP contribution in [0.1, 0.15) is 19.4 Å². The van der Waals surface area contributed by atoms with Gasteiger partial charge in [-0.1, -0.05) is 17.4 Å². The Morgan fingerprint density at radius 3 is 1.87 bits per heavy atom. The van der Waals surface area contributed by atoms with Gasteiger partial charge < -0.3 is 4.90 Å². The van der Waals surface area contributed by atoms with Crippen molar-refractivity contribution in [3.63, 3.8) is 0 Å². The summed E-state index contributed by atoms with van der Waals surface area (Å²) in [5.41, 5.74) is 5.70. The average Bonchev–Trinajstić information content (AvgIpc) is 3.20. The molecule has 3 aromatic carbocycles. The van der Waals surface area contributed by atoms with E-state index in [4.69, 9.17) is 0 Å². The zero-order valence-corrected chi connectivity index (χ0v) is 18.7. The van der Waals surface area contributed by atoms with E-state index in [1.54, 1.807) is 0 Å². The lowest BCUT2D eigenvalue weighted by molar-refractivity contribution is 0.866. The molecule has 0 saturated heterocycles. The summed E-state index contributed by atoms with van der Waals surface area (Å²) in [6.45, 7) is 8.35. The molecule has 0 atom stereocenters. The maximum absolute atomic E-state index is 4.50. The number of rotatable bonds is 7. The number of azo groups is 2. The van der Waals surface area contributed by atoms with Crippen molar-refractivity contribution in [2.75, 3.05) is 18.0 Å². The van der Waals surface area contributed by atoms with Crippen LogP contribution in [0.5, 0.6) is 0 Å². The first-order valence-electron chi connectivity index (χ1n) is 10.3. The number of aryl methyl sites for hydroxylation is 1. The topological polar surface area (TPSA) is 65.6 Å². The van der Waals surface area contributed by atoms with E-state index in [0.29, 0.717) is 5.13 Å². The van der Waals surface area contributed by atoms with E-state index in [2.05, 4.69) is 75.4 Å². The number of anilines is 1. The monoisotopic (exact) mass is 428 g/mol. The minimum atomic E-state index is 0.650. The Morgan fingerprint density at radius 2 is 1.29 bits per heavy atom. The molecule has 7 heteroatoms. The van der Waals surface area contributed by atoms with Gasteiger partial charge >= 0.3 is 0 Å². The molecule has 0 radical (unpaired) electrons. The van der Waals surface area contributed by atoms with E-state index >= 15 is 0 Å². The van der Waals surface area contributed by atoms with Crippen LogP contribution in [0, 0.1) is 6.92 Å². The molecule has 4 rings (SSSR count). The highest BCUT2D eigenvalue weighted by Gasteiger charge is 2.03. The summed E-state index contributed by atoms with van der Waals surface area (Å²) >= 11 is 1.54. The number of benzene rings is 3. The molecule has 0 N–H and O–H groups in total. The van der Waals surface area contributed by atoms with Gasteiger partial charge in [0, 0.05) is 18.8 Å². The highest BCUT2D eigenvalue weighted by molar-refractivity contribution is 7.21. The van der Waals surface area contributed by atoms with Crippen LogP contribution in [0.15, 0.2) is 87.2 Å². The standard InChI is InChI=1S/C24H24N6S/c1-4-30(5-2)21-13-11-20(12-14-21)27-26-18-7-9-19(10-8-18)28-29-24-25-22-15-6-17(3)16-23(22)31-24/h6-16H,4-5H2,1-3H3. The van der Waals surface area contributed by atoms with Crippen LogP contribution in [-0.4, -0.2) is 18.1 Å². The lowest BCUT2D eigenvalue weighted by Gasteiger charge is -2.20. The highest BCUT2D eigenvalue weighted by atomic mass is 32.1. The van der Waals surface area contributed by atoms with Crippen molar-refractivity contribution < 1.29 is 0 Å². The van der Waals surface area contributed by atoms with Crippen molar-refractivity contribution in [2.45, 2.75) is 20.8 Å². The molecule has 1 heterocycles. The molecular formula is C24H24N6S. The Morgan fingerprint density at radius 1 is 0.742 bits per heavy atom. The van der Waals surface area contributed by atoms with Crippen molar-refractivity contribution in [3.8, 4) is 0 Å². The fourth-order valence-electron chi connectivity index (χ4n) is 3.18. The summed E-state index contributed by atoms with van der Waals surface area (Å²) in [4.78, 5) is 6.79. The van der Waals surface area contributed by atoms with Crippen LogP contribution in [0.3, 0.4) is 0 Å². The molecule has 1 aromatic heterocycles. The van der Waals surface area contributed by atoms with Crippen molar-refractivity contribution >= 4 is 49.4 Å². The molecule has 0 bridgehead atoms. The minimum Gasteiger partial charge on any atom is -0.372 e. The third kappa shape index (κ3) is 5.19. The zero-order valence-electron chi connectivity index (χ0n) is 17.9. The molecule has 31 heavy (non-hydrogen) atoms. The zero-order chi connectivity index (χ0) is 21.6. The molecule has 0 aliphatic heterocycles. The van der Waals surface area contributed by atoms with E-state index < -0.39 is 0 Å². The normalized spacial score (nSPS) is 11.7. The van der Waals surface area contributed by atoms with Crippen LogP contribution in [0.4, 0.5) is 27.9 Å². The van der Waals surface area contributed by atoms with Gasteiger partial charge in [0.05, 0.1) is 27.3 Å². The molecule has 0 aliphatic rings. The van der Waals surface area contributed by atoms with Crippen LogP contribution in [-0.2, 0) is 0 Å². The lowest BCUT2D eigenvalue weighted by atomic mass is 10.2. The SMILES string of the molecule is CCN(CC)c1ccc(N=Nc2ccc(N=Nc3nc4ccc(C)cc4s3)cc2)cc1. The van der Waals surface area contributed by atoms with Crippen LogP contribution >= 0.6 is 11.3 Å². The molecule has 0 saturated carbocycles. The quantitative estimate of drug-likeness (QED) is 0.278. The Bertz CT molecular complexity index is 1210. The van der Waals surface area contributed by atoms with Gasteiger partial charge in [-0.15, -0.1) is 10.2 Å². The molecule has 0 fully saturated rings.